The van der Waals surface area contributed by atoms with Crippen molar-refractivity contribution in [1.82, 2.24) is 4.57 Å². The van der Waals surface area contributed by atoms with Crippen LogP contribution < -0.4 is 0 Å². The van der Waals surface area contributed by atoms with E-state index >= 15 is 0 Å². The molecule has 2 rings (SSSR count). The molecule has 0 fully saturated rings. The average Bonchev–Trinajstić information content (AvgIpc) is 2.94. The summed E-state index contributed by atoms with van der Waals surface area (Å²) < 4.78 is 5.86. The van der Waals surface area contributed by atoms with E-state index in [4.69, 9.17) is 23.2 Å². The SMILES string of the molecule is COC(=O)C(=CO)n1cc(C#N)c(-c2cccc(Cl)c2Cl)c1. The van der Waals surface area contributed by atoms with Gasteiger partial charge in [-0.05, 0) is 6.07 Å². The molecule has 0 radical (unpaired) electrons. The first-order valence-electron chi connectivity index (χ1n) is 6.03. The van der Waals surface area contributed by atoms with Gasteiger partial charge in [-0.3, -0.25) is 0 Å². The fourth-order valence-corrected chi connectivity index (χ4v) is 2.34. The van der Waals surface area contributed by atoms with Crippen molar-refractivity contribution in [1.29, 1.82) is 5.26 Å². The monoisotopic (exact) mass is 336 g/mol. The average molecular weight is 337 g/mol. The van der Waals surface area contributed by atoms with Gasteiger partial charge in [0.15, 0.2) is 5.70 Å². The van der Waals surface area contributed by atoms with Crippen LogP contribution >= 0.6 is 23.2 Å². The number of carbonyl (C=O) groups is 1. The van der Waals surface area contributed by atoms with Crippen LogP contribution in [0.3, 0.4) is 0 Å². The summed E-state index contributed by atoms with van der Waals surface area (Å²) in [5.41, 5.74) is 1.17. The molecule has 0 saturated carbocycles. The highest BCUT2D eigenvalue weighted by molar-refractivity contribution is 6.43. The minimum Gasteiger partial charge on any atom is -0.513 e. The molecule has 22 heavy (non-hydrogen) atoms. The van der Waals surface area contributed by atoms with Crippen molar-refractivity contribution in [3.8, 4) is 17.2 Å². The Labute approximate surface area is 136 Å². The Balaban J connectivity index is 2.62. The number of esters is 1. The number of nitrogens with zero attached hydrogens (tertiary/aromatic N) is 2. The number of aliphatic hydroxyl groups excluding tert-OH is 1. The van der Waals surface area contributed by atoms with E-state index in [2.05, 4.69) is 4.74 Å². The third-order valence-corrected chi connectivity index (χ3v) is 3.80. The number of rotatable bonds is 3. The minimum atomic E-state index is -0.745. The molecule has 1 aromatic carbocycles. The third-order valence-electron chi connectivity index (χ3n) is 2.98. The fraction of sp³-hybridized carbons (Fsp3) is 0.0667. The summed E-state index contributed by atoms with van der Waals surface area (Å²) in [5, 5.41) is 19.1. The van der Waals surface area contributed by atoms with Crippen molar-refractivity contribution in [2.75, 3.05) is 7.11 Å². The number of ether oxygens (including phenoxy) is 1. The maximum atomic E-state index is 11.6. The van der Waals surface area contributed by atoms with Crippen LogP contribution in [-0.4, -0.2) is 22.8 Å². The lowest BCUT2D eigenvalue weighted by Crippen LogP contribution is -2.09. The van der Waals surface area contributed by atoms with E-state index < -0.39 is 5.97 Å². The smallest absolute Gasteiger partial charge is 0.358 e. The number of benzene rings is 1. The molecule has 5 nitrogen and oxygen atoms in total. The Morgan fingerprint density at radius 3 is 2.68 bits per heavy atom. The number of halogens is 2. The van der Waals surface area contributed by atoms with Gasteiger partial charge in [-0.25, -0.2) is 4.79 Å². The zero-order valence-corrected chi connectivity index (χ0v) is 12.9. The van der Waals surface area contributed by atoms with Crippen molar-refractivity contribution in [2.45, 2.75) is 0 Å². The summed E-state index contributed by atoms with van der Waals surface area (Å²) in [7, 11) is 1.19. The second kappa shape index (κ2) is 6.56. The Hall–Kier alpha value is -2.42. The number of aliphatic hydroxyl groups is 1. The van der Waals surface area contributed by atoms with Crippen molar-refractivity contribution in [3.63, 3.8) is 0 Å². The summed E-state index contributed by atoms with van der Waals surface area (Å²) >= 11 is 12.1. The first-order chi connectivity index (χ1) is 10.5. The van der Waals surface area contributed by atoms with Crippen molar-refractivity contribution in [3.05, 3.63) is 52.5 Å². The normalized spacial score (nSPS) is 11.1. The van der Waals surface area contributed by atoms with Crippen molar-refractivity contribution in [2.24, 2.45) is 0 Å². The predicted octanol–water partition coefficient (Wildman–Crippen LogP) is 3.86. The molecule has 0 atom stereocenters. The van der Waals surface area contributed by atoms with Gasteiger partial charge < -0.3 is 14.4 Å². The number of nitriles is 1. The molecule has 0 amide bonds. The number of hydrogen-bond acceptors (Lipinski definition) is 4. The van der Waals surface area contributed by atoms with E-state index in [1.54, 1.807) is 18.2 Å². The van der Waals surface area contributed by atoms with Crippen LogP contribution in [0.2, 0.25) is 10.0 Å². The van der Waals surface area contributed by atoms with Crippen LogP contribution in [0.15, 0.2) is 36.9 Å². The van der Waals surface area contributed by atoms with Gasteiger partial charge >= 0.3 is 5.97 Å². The number of hydrogen-bond donors (Lipinski definition) is 1. The zero-order valence-electron chi connectivity index (χ0n) is 11.4. The van der Waals surface area contributed by atoms with Crippen LogP contribution in [0.25, 0.3) is 16.8 Å². The fourth-order valence-electron chi connectivity index (χ4n) is 1.94. The lowest BCUT2D eigenvalue weighted by atomic mass is 10.1. The first kappa shape index (κ1) is 16.0. The summed E-state index contributed by atoms with van der Waals surface area (Å²) in [4.78, 5) is 11.6. The first-order valence-corrected chi connectivity index (χ1v) is 6.78. The maximum Gasteiger partial charge on any atom is 0.358 e. The van der Waals surface area contributed by atoms with E-state index in [1.807, 2.05) is 6.07 Å². The van der Waals surface area contributed by atoms with Gasteiger partial charge in [-0.2, -0.15) is 5.26 Å². The molecule has 0 aliphatic carbocycles. The van der Waals surface area contributed by atoms with E-state index in [9.17, 15) is 15.2 Å². The quantitative estimate of drug-likeness (QED) is 0.524. The molecule has 1 heterocycles. The molecule has 0 saturated heterocycles. The Kier molecular flexibility index (Phi) is 4.76. The van der Waals surface area contributed by atoms with Crippen molar-refractivity contribution >= 4 is 34.9 Å². The molecular formula is C15H10Cl2N2O3. The highest BCUT2D eigenvalue weighted by Crippen LogP contribution is 2.36. The van der Waals surface area contributed by atoms with Gasteiger partial charge in [-0.15, -0.1) is 0 Å². The topological polar surface area (TPSA) is 75.2 Å². The van der Waals surface area contributed by atoms with Gasteiger partial charge in [-0.1, -0.05) is 35.3 Å². The molecule has 1 N–H and O–H groups in total. The highest BCUT2D eigenvalue weighted by Gasteiger charge is 2.18. The van der Waals surface area contributed by atoms with Crippen LogP contribution in [0.1, 0.15) is 5.56 Å². The predicted molar refractivity (Wildman–Crippen MR) is 83.5 cm³/mol. The Morgan fingerprint density at radius 2 is 2.09 bits per heavy atom. The lowest BCUT2D eigenvalue weighted by Gasteiger charge is -2.05. The number of carbonyl (C=O) groups excluding carboxylic acids is 1. The van der Waals surface area contributed by atoms with E-state index in [0.717, 1.165) is 0 Å². The number of aromatic nitrogens is 1. The maximum absolute atomic E-state index is 11.6. The standard InChI is InChI=1S/C15H10Cl2N2O3/c1-22-15(21)13(8-20)19-6-9(5-18)11(7-19)10-3-2-4-12(16)14(10)17/h2-4,6-8,20H,1H3. The van der Waals surface area contributed by atoms with Crippen LogP contribution in [0.4, 0.5) is 0 Å². The zero-order chi connectivity index (χ0) is 16.3. The number of methoxy groups -OCH3 is 1. The molecule has 1 aromatic heterocycles. The molecule has 7 heteroatoms. The van der Waals surface area contributed by atoms with Gasteiger partial charge in [0.2, 0.25) is 0 Å². The largest absolute Gasteiger partial charge is 0.513 e. The Bertz CT molecular complexity index is 804. The summed E-state index contributed by atoms with van der Waals surface area (Å²) in [6, 6.07) is 7.05. The van der Waals surface area contributed by atoms with E-state index in [-0.39, 0.29) is 11.3 Å². The summed E-state index contributed by atoms with van der Waals surface area (Å²) in [6.07, 6.45) is 3.50. The second-order valence-electron chi connectivity index (χ2n) is 4.21. The summed E-state index contributed by atoms with van der Waals surface area (Å²) in [6.45, 7) is 0. The molecule has 0 unspecified atom stereocenters. The Morgan fingerprint density at radius 1 is 1.36 bits per heavy atom. The van der Waals surface area contributed by atoms with E-state index in [1.165, 1.54) is 24.1 Å². The molecule has 112 valence electrons. The molecule has 0 spiro atoms. The second-order valence-corrected chi connectivity index (χ2v) is 5.00. The molecular weight excluding hydrogens is 327 g/mol. The van der Waals surface area contributed by atoms with Gasteiger partial charge in [0.1, 0.15) is 12.3 Å². The van der Waals surface area contributed by atoms with Crippen LogP contribution in [0.5, 0.6) is 0 Å². The molecule has 2 aromatic rings. The lowest BCUT2D eigenvalue weighted by molar-refractivity contribution is -0.134. The molecule has 0 aliphatic heterocycles. The van der Waals surface area contributed by atoms with Crippen molar-refractivity contribution < 1.29 is 14.6 Å². The minimum absolute atomic E-state index is 0.136. The highest BCUT2D eigenvalue weighted by atomic mass is 35.5. The van der Waals surface area contributed by atoms with Gasteiger partial charge in [0.25, 0.3) is 0 Å². The van der Waals surface area contributed by atoms with Gasteiger partial charge in [0, 0.05) is 23.5 Å². The third kappa shape index (κ3) is 2.80. The summed E-state index contributed by atoms with van der Waals surface area (Å²) in [5.74, 6) is -0.745. The molecule has 0 aliphatic rings. The van der Waals surface area contributed by atoms with E-state index in [0.29, 0.717) is 27.4 Å². The van der Waals surface area contributed by atoms with Crippen LogP contribution in [0, 0.1) is 11.3 Å². The molecule has 0 bridgehead atoms. The van der Waals surface area contributed by atoms with Gasteiger partial charge in [0.05, 0.1) is 22.7 Å². The van der Waals surface area contributed by atoms with Crippen LogP contribution in [-0.2, 0) is 9.53 Å².